The summed E-state index contributed by atoms with van der Waals surface area (Å²) in [6, 6.07) is 6.14. The third-order valence-electron chi connectivity index (χ3n) is 3.23. The molecule has 0 unspecified atom stereocenters. The molecule has 1 saturated carbocycles. The first kappa shape index (κ1) is 13.8. The SMILES string of the molecule is CCCN(CC1CC1)c1cc(Br)ccc1C(N)=S. The fourth-order valence-electron chi connectivity index (χ4n) is 2.17. The van der Waals surface area contributed by atoms with E-state index in [1.807, 2.05) is 12.1 Å². The molecule has 1 aliphatic carbocycles. The molecule has 1 aliphatic rings. The lowest BCUT2D eigenvalue weighted by Crippen LogP contribution is -2.29. The summed E-state index contributed by atoms with van der Waals surface area (Å²) in [6.45, 7) is 4.39. The van der Waals surface area contributed by atoms with Crippen LogP contribution in [0.25, 0.3) is 0 Å². The lowest BCUT2D eigenvalue weighted by molar-refractivity contribution is 0.707. The van der Waals surface area contributed by atoms with Crippen LogP contribution < -0.4 is 10.6 Å². The van der Waals surface area contributed by atoms with Crippen LogP contribution in [0.4, 0.5) is 5.69 Å². The van der Waals surface area contributed by atoms with Crippen molar-refractivity contribution in [2.24, 2.45) is 11.7 Å². The lowest BCUT2D eigenvalue weighted by atomic mass is 10.1. The van der Waals surface area contributed by atoms with Gasteiger partial charge in [-0.3, -0.25) is 0 Å². The van der Waals surface area contributed by atoms with Gasteiger partial charge in [-0.15, -0.1) is 0 Å². The van der Waals surface area contributed by atoms with Gasteiger partial charge in [0.25, 0.3) is 0 Å². The number of hydrogen-bond acceptors (Lipinski definition) is 2. The van der Waals surface area contributed by atoms with Crippen molar-refractivity contribution in [1.29, 1.82) is 0 Å². The Balaban J connectivity index is 2.30. The largest absolute Gasteiger partial charge is 0.389 e. The van der Waals surface area contributed by atoms with E-state index in [4.69, 9.17) is 18.0 Å². The molecule has 98 valence electrons. The molecule has 18 heavy (non-hydrogen) atoms. The Hall–Kier alpha value is -0.610. The van der Waals surface area contributed by atoms with Crippen molar-refractivity contribution in [1.82, 2.24) is 0 Å². The quantitative estimate of drug-likeness (QED) is 0.808. The summed E-state index contributed by atoms with van der Waals surface area (Å²) in [7, 11) is 0. The summed E-state index contributed by atoms with van der Waals surface area (Å²) in [5.74, 6) is 0.856. The van der Waals surface area contributed by atoms with Gasteiger partial charge >= 0.3 is 0 Å². The van der Waals surface area contributed by atoms with Crippen LogP contribution >= 0.6 is 28.1 Å². The number of rotatable bonds is 6. The average Bonchev–Trinajstić information content (AvgIpc) is 3.12. The molecule has 0 amide bonds. The van der Waals surface area contributed by atoms with Gasteiger partial charge in [0.2, 0.25) is 0 Å². The molecule has 1 aromatic rings. The molecule has 2 N–H and O–H groups in total. The molecule has 0 saturated heterocycles. The molecule has 0 heterocycles. The van der Waals surface area contributed by atoms with Gasteiger partial charge < -0.3 is 10.6 Å². The van der Waals surface area contributed by atoms with Gasteiger partial charge in [0.15, 0.2) is 0 Å². The zero-order valence-corrected chi connectivity index (χ0v) is 13.1. The van der Waals surface area contributed by atoms with Crippen molar-refractivity contribution in [2.75, 3.05) is 18.0 Å². The van der Waals surface area contributed by atoms with E-state index in [0.717, 1.165) is 35.5 Å². The van der Waals surface area contributed by atoms with Gasteiger partial charge in [0, 0.05) is 28.8 Å². The summed E-state index contributed by atoms with van der Waals surface area (Å²) >= 11 is 8.70. The average molecular weight is 327 g/mol. The van der Waals surface area contributed by atoms with E-state index in [9.17, 15) is 0 Å². The van der Waals surface area contributed by atoms with Crippen LogP contribution in [0, 0.1) is 5.92 Å². The Labute approximate surface area is 123 Å². The monoisotopic (exact) mass is 326 g/mol. The van der Waals surface area contributed by atoms with E-state index in [1.54, 1.807) is 0 Å². The van der Waals surface area contributed by atoms with Crippen LogP contribution in [-0.2, 0) is 0 Å². The van der Waals surface area contributed by atoms with Crippen LogP contribution in [-0.4, -0.2) is 18.1 Å². The van der Waals surface area contributed by atoms with E-state index in [1.165, 1.54) is 18.5 Å². The minimum absolute atomic E-state index is 0.481. The molecule has 0 atom stereocenters. The number of anilines is 1. The van der Waals surface area contributed by atoms with Gasteiger partial charge in [-0.1, -0.05) is 35.1 Å². The fraction of sp³-hybridized carbons (Fsp3) is 0.500. The second-order valence-electron chi connectivity index (χ2n) is 4.92. The molecule has 0 aromatic heterocycles. The molecule has 4 heteroatoms. The summed E-state index contributed by atoms with van der Waals surface area (Å²) in [4.78, 5) is 2.91. The molecular weight excluding hydrogens is 308 g/mol. The number of thiocarbonyl (C=S) groups is 1. The van der Waals surface area contributed by atoms with Crippen LogP contribution in [0.2, 0.25) is 0 Å². The van der Waals surface area contributed by atoms with E-state index < -0.39 is 0 Å². The predicted molar refractivity (Wildman–Crippen MR) is 85.3 cm³/mol. The normalized spacial score (nSPS) is 14.6. The molecule has 2 rings (SSSR count). The van der Waals surface area contributed by atoms with E-state index in [-0.39, 0.29) is 0 Å². The zero-order valence-electron chi connectivity index (χ0n) is 10.7. The number of nitrogens with two attached hydrogens (primary N) is 1. The van der Waals surface area contributed by atoms with Crippen molar-refractivity contribution in [3.05, 3.63) is 28.2 Å². The second kappa shape index (κ2) is 6.02. The Bertz CT molecular complexity index is 443. The lowest BCUT2D eigenvalue weighted by Gasteiger charge is -2.27. The number of benzene rings is 1. The highest BCUT2D eigenvalue weighted by Crippen LogP contribution is 2.33. The van der Waals surface area contributed by atoms with Gasteiger partial charge in [-0.05, 0) is 43.4 Å². The molecule has 0 spiro atoms. The minimum atomic E-state index is 0.481. The van der Waals surface area contributed by atoms with Crippen LogP contribution in [0.5, 0.6) is 0 Å². The van der Waals surface area contributed by atoms with Gasteiger partial charge in [-0.25, -0.2) is 0 Å². The van der Waals surface area contributed by atoms with Crippen molar-refractivity contribution in [3.63, 3.8) is 0 Å². The first-order chi connectivity index (χ1) is 8.61. The van der Waals surface area contributed by atoms with Gasteiger partial charge in [0.1, 0.15) is 4.99 Å². The predicted octanol–water partition coefficient (Wildman–Crippen LogP) is 3.71. The molecule has 0 aliphatic heterocycles. The topological polar surface area (TPSA) is 29.3 Å². The first-order valence-corrected chi connectivity index (χ1v) is 7.66. The number of halogens is 1. The Morgan fingerprint density at radius 2 is 2.22 bits per heavy atom. The van der Waals surface area contributed by atoms with Crippen molar-refractivity contribution < 1.29 is 0 Å². The van der Waals surface area contributed by atoms with Gasteiger partial charge in [-0.2, -0.15) is 0 Å². The summed E-state index contributed by atoms with van der Waals surface area (Å²) in [5, 5.41) is 0. The second-order valence-corrected chi connectivity index (χ2v) is 6.27. The Morgan fingerprint density at radius 1 is 1.50 bits per heavy atom. The molecule has 2 nitrogen and oxygen atoms in total. The summed E-state index contributed by atoms with van der Waals surface area (Å²) in [5.41, 5.74) is 7.99. The smallest absolute Gasteiger partial charge is 0.106 e. The molecule has 0 radical (unpaired) electrons. The first-order valence-electron chi connectivity index (χ1n) is 6.46. The molecule has 0 bridgehead atoms. The highest BCUT2D eigenvalue weighted by Gasteiger charge is 2.25. The van der Waals surface area contributed by atoms with E-state index >= 15 is 0 Å². The maximum Gasteiger partial charge on any atom is 0.106 e. The van der Waals surface area contributed by atoms with Crippen molar-refractivity contribution in [2.45, 2.75) is 26.2 Å². The number of nitrogens with zero attached hydrogens (tertiary/aromatic N) is 1. The third-order valence-corrected chi connectivity index (χ3v) is 3.95. The highest BCUT2D eigenvalue weighted by atomic mass is 79.9. The summed E-state index contributed by atoms with van der Waals surface area (Å²) < 4.78 is 1.08. The van der Waals surface area contributed by atoms with Gasteiger partial charge in [0.05, 0.1) is 0 Å². The zero-order chi connectivity index (χ0) is 13.1. The van der Waals surface area contributed by atoms with Crippen LogP contribution in [0.15, 0.2) is 22.7 Å². The number of hydrogen-bond donors (Lipinski definition) is 1. The highest BCUT2D eigenvalue weighted by molar-refractivity contribution is 9.10. The maximum atomic E-state index is 5.83. The van der Waals surface area contributed by atoms with Crippen molar-refractivity contribution >= 4 is 38.8 Å². The Morgan fingerprint density at radius 3 is 2.78 bits per heavy atom. The third kappa shape index (κ3) is 3.45. The Kier molecular flexibility index (Phi) is 4.62. The maximum absolute atomic E-state index is 5.83. The standard InChI is InChI=1S/C14H19BrN2S/c1-2-7-17(9-10-3-4-10)13-8-11(15)5-6-12(13)14(16)18/h5-6,8,10H,2-4,7,9H2,1H3,(H2,16,18). The van der Waals surface area contributed by atoms with Crippen LogP contribution in [0.3, 0.4) is 0 Å². The molecule has 1 fully saturated rings. The summed E-state index contributed by atoms with van der Waals surface area (Å²) in [6.07, 6.45) is 3.85. The van der Waals surface area contributed by atoms with Crippen LogP contribution in [0.1, 0.15) is 31.7 Å². The van der Waals surface area contributed by atoms with E-state index in [0.29, 0.717) is 4.99 Å². The molecular formula is C14H19BrN2S. The van der Waals surface area contributed by atoms with Crippen molar-refractivity contribution in [3.8, 4) is 0 Å². The molecule has 1 aromatic carbocycles. The van der Waals surface area contributed by atoms with E-state index in [2.05, 4.69) is 33.8 Å². The fourth-order valence-corrected chi connectivity index (χ4v) is 2.69. The minimum Gasteiger partial charge on any atom is -0.389 e.